The van der Waals surface area contributed by atoms with Gasteiger partial charge in [-0.15, -0.1) is 24.0 Å². The van der Waals surface area contributed by atoms with Crippen molar-refractivity contribution in [2.24, 2.45) is 10.7 Å². The number of aliphatic imine (C=N–C) groups is 1. The maximum atomic E-state index is 5.82. The van der Waals surface area contributed by atoms with Crippen LogP contribution in [-0.4, -0.2) is 51.2 Å². The molecule has 0 spiro atoms. The predicted octanol–water partition coefficient (Wildman–Crippen LogP) is 1.38. The number of hydrogen-bond acceptors (Lipinski definition) is 3. The lowest BCUT2D eigenvalue weighted by molar-refractivity contribution is 0.374. The fourth-order valence-electron chi connectivity index (χ4n) is 2.21. The van der Waals surface area contributed by atoms with Gasteiger partial charge in [0.25, 0.3) is 0 Å². The Morgan fingerprint density at radius 3 is 2.42 bits per heavy atom. The number of anilines is 1. The zero-order valence-electron chi connectivity index (χ0n) is 11.4. The molecule has 0 radical (unpaired) electrons. The van der Waals surface area contributed by atoms with Crippen molar-refractivity contribution in [3.8, 4) is 5.75 Å². The summed E-state index contributed by atoms with van der Waals surface area (Å²) in [5.74, 6) is 1.54. The Morgan fingerprint density at radius 2 is 1.84 bits per heavy atom. The van der Waals surface area contributed by atoms with Crippen LogP contribution in [0.5, 0.6) is 5.75 Å². The highest BCUT2D eigenvalue weighted by atomic mass is 127. The molecule has 1 aromatic rings. The third-order valence-electron chi connectivity index (χ3n) is 3.26. The van der Waals surface area contributed by atoms with E-state index < -0.39 is 0 Å². The number of nitrogens with two attached hydrogens (primary N) is 1. The molecule has 2 rings (SSSR count). The molecule has 0 unspecified atom stereocenters. The lowest BCUT2D eigenvalue weighted by Gasteiger charge is -2.37. The lowest BCUT2D eigenvalue weighted by atomic mass is 10.2. The van der Waals surface area contributed by atoms with E-state index in [0.29, 0.717) is 5.96 Å². The van der Waals surface area contributed by atoms with Crippen LogP contribution in [0.1, 0.15) is 0 Å². The van der Waals surface area contributed by atoms with Crippen LogP contribution < -0.4 is 15.4 Å². The van der Waals surface area contributed by atoms with Gasteiger partial charge in [-0.3, -0.25) is 4.99 Å². The van der Waals surface area contributed by atoms with Crippen LogP contribution in [0.15, 0.2) is 29.3 Å². The summed E-state index contributed by atoms with van der Waals surface area (Å²) >= 11 is 0. The standard InChI is InChI=1S/C13H20N4O.HI/c1-15-13(14)17-9-7-16(8-10-17)11-5-3-4-6-12(11)18-2;/h3-6H,7-10H2,1-2H3,(H2,14,15);1H. The van der Waals surface area contributed by atoms with Gasteiger partial charge in [0.2, 0.25) is 0 Å². The fourth-order valence-corrected chi connectivity index (χ4v) is 2.21. The number of para-hydroxylation sites is 2. The van der Waals surface area contributed by atoms with Crippen molar-refractivity contribution in [1.29, 1.82) is 0 Å². The van der Waals surface area contributed by atoms with E-state index in [1.54, 1.807) is 14.2 Å². The van der Waals surface area contributed by atoms with Gasteiger partial charge in [0.05, 0.1) is 12.8 Å². The highest BCUT2D eigenvalue weighted by Gasteiger charge is 2.20. The third-order valence-corrected chi connectivity index (χ3v) is 3.26. The first-order chi connectivity index (χ1) is 8.76. The largest absolute Gasteiger partial charge is 0.495 e. The molecule has 1 aromatic carbocycles. The van der Waals surface area contributed by atoms with E-state index in [4.69, 9.17) is 10.5 Å². The Balaban J connectivity index is 0.00000180. The molecule has 0 amide bonds. The van der Waals surface area contributed by atoms with E-state index in [2.05, 4.69) is 20.9 Å². The Kier molecular flexibility index (Phi) is 6.20. The molecule has 106 valence electrons. The molecule has 1 fully saturated rings. The molecule has 0 aliphatic carbocycles. The smallest absolute Gasteiger partial charge is 0.191 e. The Bertz CT molecular complexity index is 430. The summed E-state index contributed by atoms with van der Waals surface area (Å²) in [6, 6.07) is 8.10. The van der Waals surface area contributed by atoms with Crippen molar-refractivity contribution >= 4 is 35.6 Å². The second-order valence-corrected chi connectivity index (χ2v) is 4.23. The van der Waals surface area contributed by atoms with E-state index in [-0.39, 0.29) is 24.0 Å². The van der Waals surface area contributed by atoms with Gasteiger partial charge in [-0.05, 0) is 12.1 Å². The molecule has 19 heavy (non-hydrogen) atoms. The molecule has 0 atom stereocenters. The molecule has 0 aromatic heterocycles. The van der Waals surface area contributed by atoms with Crippen LogP contribution in [0, 0.1) is 0 Å². The van der Waals surface area contributed by atoms with Crippen LogP contribution in [0.3, 0.4) is 0 Å². The van der Waals surface area contributed by atoms with E-state index in [1.807, 2.05) is 18.2 Å². The van der Waals surface area contributed by atoms with E-state index >= 15 is 0 Å². The molecule has 1 saturated heterocycles. The molecule has 0 bridgehead atoms. The summed E-state index contributed by atoms with van der Waals surface area (Å²) in [6.07, 6.45) is 0. The summed E-state index contributed by atoms with van der Waals surface area (Å²) in [5, 5.41) is 0. The Labute approximate surface area is 131 Å². The Morgan fingerprint density at radius 1 is 1.21 bits per heavy atom. The number of halogens is 1. The number of hydrogen-bond donors (Lipinski definition) is 1. The van der Waals surface area contributed by atoms with Gasteiger partial charge in [0.15, 0.2) is 5.96 Å². The second kappa shape index (κ2) is 7.42. The number of guanidine groups is 1. The van der Waals surface area contributed by atoms with Crippen molar-refractivity contribution in [2.45, 2.75) is 0 Å². The van der Waals surface area contributed by atoms with Gasteiger partial charge in [0, 0.05) is 33.2 Å². The number of rotatable bonds is 2. The normalized spacial score (nSPS) is 16.0. The maximum Gasteiger partial charge on any atom is 0.191 e. The highest BCUT2D eigenvalue weighted by molar-refractivity contribution is 14.0. The van der Waals surface area contributed by atoms with Crippen molar-refractivity contribution in [1.82, 2.24) is 4.90 Å². The van der Waals surface area contributed by atoms with Crippen molar-refractivity contribution < 1.29 is 4.74 Å². The summed E-state index contributed by atoms with van der Waals surface area (Å²) in [5.41, 5.74) is 6.97. The minimum Gasteiger partial charge on any atom is -0.495 e. The quantitative estimate of drug-likeness (QED) is 0.482. The van der Waals surface area contributed by atoms with E-state index in [1.165, 1.54) is 0 Å². The number of piperazine rings is 1. The predicted molar refractivity (Wildman–Crippen MR) is 89.7 cm³/mol. The molecule has 5 nitrogen and oxygen atoms in total. The third kappa shape index (κ3) is 3.65. The van der Waals surface area contributed by atoms with Crippen molar-refractivity contribution in [3.63, 3.8) is 0 Å². The van der Waals surface area contributed by atoms with Gasteiger partial charge in [-0.2, -0.15) is 0 Å². The fraction of sp³-hybridized carbons (Fsp3) is 0.462. The van der Waals surface area contributed by atoms with E-state index in [0.717, 1.165) is 37.6 Å². The first-order valence-electron chi connectivity index (χ1n) is 6.11. The van der Waals surface area contributed by atoms with Crippen LogP contribution in [0.4, 0.5) is 5.69 Å². The second-order valence-electron chi connectivity index (χ2n) is 4.23. The first-order valence-corrected chi connectivity index (χ1v) is 6.11. The number of methoxy groups -OCH3 is 1. The molecule has 6 heteroatoms. The molecule has 1 aliphatic heterocycles. The first kappa shape index (κ1) is 15.9. The molecule has 1 heterocycles. The van der Waals surface area contributed by atoms with Crippen molar-refractivity contribution in [2.75, 3.05) is 45.2 Å². The zero-order valence-corrected chi connectivity index (χ0v) is 13.7. The summed E-state index contributed by atoms with van der Waals surface area (Å²) in [7, 11) is 3.43. The molecular weight excluding hydrogens is 355 g/mol. The molecule has 2 N–H and O–H groups in total. The summed E-state index contributed by atoms with van der Waals surface area (Å²) < 4.78 is 5.39. The van der Waals surface area contributed by atoms with Crippen LogP contribution in [-0.2, 0) is 0 Å². The summed E-state index contributed by atoms with van der Waals surface area (Å²) in [4.78, 5) is 8.44. The molecular formula is C13H21IN4O. The number of benzene rings is 1. The van der Waals surface area contributed by atoms with Gasteiger partial charge >= 0.3 is 0 Å². The van der Waals surface area contributed by atoms with Gasteiger partial charge in [0.1, 0.15) is 5.75 Å². The monoisotopic (exact) mass is 376 g/mol. The highest BCUT2D eigenvalue weighted by Crippen LogP contribution is 2.28. The van der Waals surface area contributed by atoms with Gasteiger partial charge < -0.3 is 20.3 Å². The zero-order chi connectivity index (χ0) is 13.0. The minimum absolute atomic E-state index is 0. The average molecular weight is 376 g/mol. The SMILES string of the molecule is CN=C(N)N1CCN(c2ccccc2OC)CC1.I. The van der Waals surface area contributed by atoms with Gasteiger partial charge in [-0.1, -0.05) is 12.1 Å². The number of ether oxygens (including phenoxy) is 1. The van der Waals surface area contributed by atoms with Crippen molar-refractivity contribution in [3.05, 3.63) is 24.3 Å². The van der Waals surface area contributed by atoms with Crippen LogP contribution in [0.25, 0.3) is 0 Å². The minimum atomic E-state index is 0. The van der Waals surface area contributed by atoms with Gasteiger partial charge in [-0.25, -0.2) is 0 Å². The lowest BCUT2D eigenvalue weighted by Crippen LogP contribution is -2.51. The molecule has 0 saturated carbocycles. The number of nitrogens with zero attached hydrogens (tertiary/aromatic N) is 3. The van der Waals surface area contributed by atoms with E-state index in [9.17, 15) is 0 Å². The topological polar surface area (TPSA) is 54.1 Å². The Hall–Kier alpha value is -1.18. The van der Waals surface area contributed by atoms with Crippen LogP contribution >= 0.6 is 24.0 Å². The maximum absolute atomic E-state index is 5.82. The summed E-state index contributed by atoms with van der Waals surface area (Å²) in [6.45, 7) is 3.63. The molecule has 1 aliphatic rings. The average Bonchev–Trinajstić information content (AvgIpc) is 2.46. The van der Waals surface area contributed by atoms with Crippen LogP contribution in [0.2, 0.25) is 0 Å².